The van der Waals surface area contributed by atoms with Gasteiger partial charge in [0.1, 0.15) is 11.5 Å². The van der Waals surface area contributed by atoms with Gasteiger partial charge in [-0.15, -0.1) is 0 Å². The zero-order valence-corrected chi connectivity index (χ0v) is 13.0. The highest BCUT2D eigenvalue weighted by molar-refractivity contribution is 5.89. The molecule has 0 bridgehead atoms. The van der Waals surface area contributed by atoms with Gasteiger partial charge >= 0.3 is 6.03 Å². The number of nitrogens with zero attached hydrogens (tertiary/aromatic N) is 2. The van der Waals surface area contributed by atoms with Crippen LogP contribution in [-0.4, -0.2) is 17.6 Å². The first-order chi connectivity index (χ1) is 11.1. The van der Waals surface area contributed by atoms with E-state index in [4.69, 9.17) is 10.00 Å². The number of rotatable bonds is 5. The van der Waals surface area contributed by atoms with Crippen molar-refractivity contribution in [2.24, 2.45) is 5.92 Å². The molecule has 0 aliphatic carbocycles. The number of nitrogens with one attached hydrogen (secondary N) is 2. The van der Waals surface area contributed by atoms with E-state index in [0.29, 0.717) is 23.7 Å². The van der Waals surface area contributed by atoms with Crippen molar-refractivity contribution >= 4 is 11.7 Å². The molecule has 0 radical (unpaired) electrons. The van der Waals surface area contributed by atoms with Crippen molar-refractivity contribution in [3.8, 4) is 17.6 Å². The van der Waals surface area contributed by atoms with E-state index >= 15 is 0 Å². The van der Waals surface area contributed by atoms with Crippen molar-refractivity contribution in [3.05, 3.63) is 48.3 Å². The molecule has 1 aromatic carbocycles. The Morgan fingerprint density at radius 3 is 2.91 bits per heavy atom. The summed E-state index contributed by atoms with van der Waals surface area (Å²) in [5.74, 6) is 1.12. The molecule has 1 heterocycles. The molecular formula is C17H18N4O2. The summed E-state index contributed by atoms with van der Waals surface area (Å²) in [6, 6.07) is 10.7. The number of pyridine rings is 1. The van der Waals surface area contributed by atoms with Gasteiger partial charge in [-0.2, -0.15) is 5.26 Å². The Labute approximate surface area is 135 Å². The molecule has 0 spiro atoms. The first-order valence-electron chi connectivity index (χ1n) is 7.21. The summed E-state index contributed by atoms with van der Waals surface area (Å²) >= 11 is 0. The van der Waals surface area contributed by atoms with Gasteiger partial charge in [0, 0.05) is 18.4 Å². The van der Waals surface area contributed by atoms with Gasteiger partial charge < -0.3 is 15.4 Å². The largest absolute Gasteiger partial charge is 0.455 e. The maximum Gasteiger partial charge on any atom is 0.319 e. The molecule has 2 N–H and O–H groups in total. The Balaban J connectivity index is 1.96. The van der Waals surface area contributed by atoms with E-state index in [-0.39, 0.29) is 11.9 Å². The second-order valence-electron chi connectivity index (χ2n) is 5.14. The van der Waals surface area contributed by atoms with Crippen LogP contribution in [0.1, 0.15) is 12.5 Å². The number of amides is 2. The lowest BCUT2D eigenvalue weighted by molar-refractivity contribution is 0.251. The van der Waals surface area contributed by atoms with Crippen LogP contribution in [0.5, 0.6) is 11.5 Å². The minimum absolute atomic E-state index is 0.224. The number of aryl methyl sites for hydroxylation is 1. The maximum absolute atomic E-state index is 11.7. The van der Waals surface area contributed by atoms with E-state index in [9.17, 15) is 4.79 Å². The average Bonchev–Trinajstić information content (AvgIpc) is 2.56. The third-order valence-electron chi connectivity index (χ3n) is 3.08. The number of urea groups is 1. The first-order valence-corrected chi connectivity index (χ1v) is 7.21. The van der Waals surface area contributed by atoms with Crippen molar-refractivity contribution in [2.75, 3.05) is 11.9 Å². The Morgan fingerprint density at radius 2 is 2.26 bits per heavy atom. The van der Waals surface area contributed by atoms with Crippen LogP contribution in [0.2, 0.25) is 0 Å². The molecule has 6 nitrogen and oxygen atoms in total. The zero-order chi connectivity index (χ0) is 16.7. The molecule has 0 aliphatic rings. The first kappa shape index (κ1) is 16.3. The van der Waals surface area contributed by atoms with E-state index in [2.05, 4.69) is 21.7 Å². The Hall–Kier alpha value is -3.07. The summed E-state index contributed by atoms with van der Waals surface area (Å²) in [4.78, 5) is 15.7. The van der Waals surface area contributed by atoms with Crippen molar-refractivity contribution in [1.29, 1.82) is 5.26 Å². The van der Waals surface area contributed by atoms with Gasteiger partial charge in [0.05, 0.1) is 18.2 Å². The summed E-state index contributed by atoms with van der Waals surface area (Å²) in [6.07, 6.45) is 3.31. The summed E-state index contributed by atoms with van der Waals surface area (Å²) in [6.45, 7) is 3.95. The fourth-order valence-electron chi connectivity index (χ4n) is 1.84. The predicted molar refractivity (Wildman–Crippen MR) is 87.3 cm³/mol. The van der Waals surface area contributed by atoms with Crippen LogP contribution in [0.4, 0.5) is 10.5 Å². The molecule has 1 unspecified atom stereocenters. The molecule has 2 amide bonds. The number of aromatic nitrogens is 1. The van der Waals surface area contributed by atoms with Crippen LogP contribution in [0.3, 0.4) is 0 Å². The van der Waals surface area contributed by atoms with Gasteiger partial charge in [0.2, 0.25) is 0 Å². The quantitative estimate of drug-likeness (QED) is 0.885. The fraction of sp³-hybridized carbons (Fsp3) is 0.235. The Bertz CT molecular complexity index is 710. The number of hydrogen-bond acceptors (Lipinski definition) is 4. The predicted octanol–water partition coefficient (Wildman–Crippen LogP) is 3.46. The van der Waals surface area contributed by atoms with Gasteiger partial charge in [0.15, 0.2) is 0 Å². The molecule has 1 atom stereocenters. The standard InChI is InChI=1S/C17H18N4O2/c1-12(9-18)10-20-17(22)21-14-5-6-16(13(2)8-14)23-15-4-3-7-19-11-15/h3-8,11-12H,10H2,1-2H3,(H2,20,21,22). The van der Waals surface area contributed by atoms with Crippen LogP contribution < -0.4 is 15.4 Å². The van der Waals surface area contributed by atoms with Gasteiger partial charge in [0.25, 0.3) is 0 Å². The maximum atomic E-state index is 11.7. The van der Waals surface area contributed by atoms with Gasteiger partial charge in [-0.3, -0.25) is 4.98 Å². The van der Waals surface area contributed by atoms with Gasteiger partial charge in [-0.1, -0.05) is 0 Å². The lowest BCUT2D eigenvalue weighted by Gasteiger charge is -2.12. The molecule has 0 aliphatic heterocycles. The van der Waals surface area contributed by atoms with E-state index in [1.54, 1.807) is 37.5 Å². The molecule has 0 saturated heterocycles. The number of ether oxygens (including phenoxy) is 1. The molecule has 1 aromatic heterocycles. The molecule has 118 valence electrons. The average molecular weight is 310 g/mol. The van der Waals surface area contributed by atoms with Crippen LogP contribution in [-0.2, 0) is 0 Å². The molecule has 0 fully saturated rings. The summed E-state index contributed by atoms with van der Waals surface area (Å²) in [5.41, 5.74) is 1.54. The van der Waals surface area contributed by atoms with E-state index in [1.165, 1.54) is 0 Å². The highest BCUT2D eigenvalue weighted by atomic mass is 16.5. The lowest BCUT2D eigenvalue weighted by Crippen LogP contribution is -2.32. The second-order valence-corrected chi connectivity index (χ2v) is 5.14. The third kappa shape index (κ3) is 5.00. The van der Waals surface area contributed by atoms with Crippen LogP contribution >= 0.6 is 0 Å². The van der Waals surface area contributed by atoms with Crippen LogP contribution in [0, 0.1) is 24.2 Å². The Kier molecular flexibility index (Phi) is 5.53. The number of benzene rings is 1. The number of anilines is 1. The van der Waals surface area contributed by atoms with E-state index < -0.39 is 0 Å². The Morgan fingerprint density at radius 1 is 1.43 bits per heavy atom. The second kappa shape index (κ2) is 7.80. The molecular weight excluding hydrogens is 292 g/mol. The van der Waals surface area contributed by atoms with Gasteiger partial charge in [-0.25, -0.2) is 4.79 Å². The van der Waals surface area contributed by atoms with Gasteiger partial charge in [-0.05, 0) is 49.7 Å². The number of carbonyl (C=O) groups excluding carboxylic acids is 1. The van der Waals surface area contributed by atoms with Crippen LogP contribution in [0.15, 0.2) is 42.7 Å². The van der Waals surface area contributed by atoms with Crippen molar-refractivity contribution in [1.82, 2.24) is 10.3 Å². The van der Waals surface area contributed by atoms with E-state index in [0.717, 1.165) is 5.56 Å². The number of nitriles is 1. The van der Waals surface area contributed by atoms with Crippen molar-refractivity contribution in [3.63, 3.8) is 0 Å². The highest BCUT2D eigenvalue weighted by Crippen LogP contribution is 2.26. The number of carbonyl (C=O) groups is 1. The fourth-order valence-corrected chi connectivity index (χ4v) is 1.84. The summed E-state index contributed by atoms with van der Waals surface area (Å²) < 4.78 is 5.74. The molecule has 23 heavy (non-hydrogen) atoms. The topological polar surface area (TPSA) is 87.0 Å². The summed E-state index contributed by atoms with van der Waals surface area (Å²) in [5, 5.41) is 14.1. The van der Waals surface area contributed by atoms with Crippen molar-refractivity contribution < 1.29 is 9.53 Å². The molecule has 2 aromatic rings. The minimum Gasteiger partial charge on any atom is -0.455 e. The van der Waals surface area contributed by atoms with E-state index in [1.807, 2.05) is 19.1 Å². The van der Waals surface area contributed by atoms with Crippen molar-refractivity contribution in [2.45, 2.75) is 13.8 Å². The monoisotopic (exact) mass is 310 g/mol. The summed E-state index contributed by atoms with van der Waals surface area (Å²) in [7, 11) is 0. The molecule has 6 heteroatoms. The molecule has 0 saturated carbocycles. The number of hydrogen-bond donors (Lipinski definition) is 2. The highest BCUT2D eigenvalue weighted by Gasteiger charge is 2.07. The SMILES string of the molecule is Cc1cc(NC(=O)NCC(C)C#N)ccc1Oc1cccnc1. The normalized spacial score (nSPS) is 11.2. The minimum atomic E-state index is -0.340. The lowest BCUT2D eigenvalue weighted by atomic mass is 10.2. The zero-order valence-electron chi connectivity index (χ0n) is 13.0. The molecule has 2 rings (SSSR count). The third-order valence-corrected chi connectivity index (χ3v) is 3.08. The van der Waals surface area contributed by atoms with Crippen LogP contribution in [0.25, 0.3) is 0 Å². The smallest absolute Gasteiger partial charge is 0.319 e.